The minimum atomic E-state index is -4.65. The summed E-state index contributed by atoms with van der Waals surface area (Å²) in [5.41, 5.74) is 2.54. The molecule has 0 aliphatic heterocycles. The number of aromatic amines is 2. The highest BCUT2D eigenvalue weighted by Gasteiger charge is 2.36. The lowest BCUT2D eigenvalue weighted by molar-refractivity contribution is -0.140. The van der Waals surface area contributed by atoms with Crippen LogP contribution in [0.4, 0.5) is 19.1 Å². The number of H-pyrrole nitrogens is 2. The minimum absolute atomic E-state index is 0.131. The Labute approximate surface area is 322 Å². The summed E-state index contributed by atoms with van der Waals surface area (Å²) in [6.45, 7) is 3.86. The molecule has 15 nitrogen and oxygen atoms in total. The molecule has 57 heavy (non-hydrogen) atoms. The molecular weight excluding hydrogens is 742 g/mol. The summed E-state index contributed by atoms with van der Waals surface area (Å²) < 4.78 is 49.0. The van der Waals surface area contributed by atoms with Gasteiger partial charge in [0.25, 0.3) is 11.1 Å². The van der Waals surface area contributed by atoms with E-state index >= 15 is 0 Å². The molecule has 2 aromatic carbocycles. The van der Waals surface area contributed by atoms with E-state index in [-0.39, 0.29) is 54.4 Å². The molecule has 0 bridgehead atoms. The third kappa shape index (κ3) is 7.70. The van der Waals surface area contributed by atoms with Crippen molar-refractivity contribution < 1.29 is 17.9 Å². The first-order valence-corrected chi connectivity index (χ1v) is 18.1. The van der Waals surface area contributed by atoms with E-state index in [2.05, 4.69) is 45.3 Å². The quantitative estimate of drug-likeness (QED) is 0.152. The van der Waals surface area contributed by atoms with Crippen LogP contribution in [0.5, 0.6) is 5.88 Å². The topological polar surface area (TPSA) is 186 Å². The van der Waals surface area contributed by atoms with E-state index in [0.717, 1.165) is 30.3 Å². The predicted molar refractivity (Wildman–Crippen MR) is 202 cm³/mol. The van der Waals surface area contributed by atoms with Crippen molar-refractivity contribution in [2.24, 2.45) is 0 Å². The van der Waals surface area contributed by atoms with Crippen molar-refractivity contribution in [3.8, 4) is 28.7 Å². The Kier molecular flexibility index (Phi) is 9.76. The number of imidazole rings is 1. The number of methoxy groups -OCH3 is 1. The molecule has 1 saturated carbocycles. The first kappa shape index (κ1) is 37.1. The van der Waals surface area contributed by atoms with Crippen LogP contribution in [0.3, 0.4) is 0 Å². The summed E-state index contributed by atoms with van der Waals surface area (Å²) in [7, 11) is 1.52. The molecule has 5 aromatic heterocycles. The van der Waals surface area contributed by atoms with Gasteiger partial charge in [0.2, 0.25) is 11.8 Å². The van der Waals surface area contributed by atoms with Gasteiger partial charge in [-0.1, -0.05) is 30.3 Å². The van der Waals surface area contributed by atoms with E-state index in [1.165, 1.54) is 30.4 Å². The molecule has 0 radical (unpaired) electrons. The van der Waals surface area contributed by atoms with Gasteiger partial charge in [-0.05, 0) is 56.0 Å². The molecule has 1 fully saturated rings. The lowest BCUT2D eigenvalue weighted by atomic mass is 9.97. The molecule has 290 valence electrons. The zero-order chi connectivity index (χ0) is 39.8. The predicted octanol–water partition coefficient (Wildman–Crippen LogP) is 5.80. The van der Waals surface area contributed by atoms with Crippen molar-refractivity contribution >= 4 is 16.7 Å². The number of anilines is 1. The van der Waals surface area contributed by atoms with E-state index < -0.39 is 11.9 Å². The molecule has 8 rings (SSSR count). The number of aromatic nitrogens is 11. The number of nitrogens with one attached hydrogen (secondary N) is 2. The van der Waals surface area contributed by atoms with Crippen molar-refractivity contribution in [2.75, 3.05) is 12.0 Å². The highest BCUT2D eigenvalue weighted by atomic mass is 19.4. The van der Waals surface area contributed by atoms with Crippen molar-refractivity contribution in [1.29, 1.82) is 0 Å². The molecule has 1 aliphatic carbocycles. The summed E-state index contributed by atoms with van der Waals surface area (Å²) in [4.78, 5) is 53.3. The van der Waals surface area contributed by atoms with Gasteiger partial charge in [0.05, 0.1) is 36.1 Å². The van der Waals surface area contributed by atoms with Crippen LogP contribution in [-0.2, 0) is 25.7 Å². The molecule has 0 unspecified atom stereocenters. The second-order valence-corrected chi connectivity index (χ2v) is 13.9. The van der Waals surface area contributed by atoms with Gasteiger partial charge in [-0.15, -0.1) is 0 Å². The number of rotatable bonds is 12. The van der Waals surface area contributed by atoms with Gasteiger partial charge in [0.1, 0.15) is 24.0 Å². The number of nitrogens with zero attached hydrogens (tertiary/aromatic N) is 10. The summed E-state index contributed by atoms with van der Waals surface area (Å²) in [5, 5.41) is 14.8. The molecule has 5 heterocycles. The number of halogens is 3. The highest BCUT2D eigenvalue weighted by Crippen LogP contribution is 2.45. The molecule has 0 atom stereocenters. The van der Waals surface area contributed by atoms with Crippen molar-refractivity contribution in [3.63, 3.8) is 0 Å². The summed E-state index contributed by atoms with van der Waals surface area (Å²) in [6, 6.07) is 15.0. The fraction of sp³-hybridized carbons (Fsp3) is 0.282. The number of hydrogen-bond acceptors (Lipinski definition) is 12. The molecular formula is C39H35F3N12O3. The summed E-state index contributed by atoms with van der Waals surface area (Å²) in [6.07, 6.45) is 1.32. The van der Waals surface area contributed by atoms with Crippen molar-refractivity contribution in [1.82, 2.24) is 54.9 Å². The average Bonchev–Trinajstić information content (AvgIpc) is 3.95. The maximum absolute atomic E-state index is 13.9. The Morgan fingerprint density at radius 2 is 1.68 bits per heavy atom. The van der Waals surface area contributed by atoms with Crippen LogP contribution in [0, 0.1) is 0 Å². The van der Waals surface area contributed by atoms with Gasteiger partial charge < -0.3 is 14.2 Å². The van der Waals surface area contributed by atoms with E-state index in [0.29, 0.717) is 50.6 Å². The van der Waals surface area contributed by atoms with Crippen molar-refractivity contribution in [3.05, 3.63) is 128 Å². The average molecular weight is 777 g/mol. The third-order valence-electron chi connectivity index (χ3n) is 9.69. The lowest BCUT2D eigenvalue weighted by Crippen LogP contribution is -2.26. The third-order valence-corrected chi connectivity index (χ3v) is 9.69. The zero-order valence-electron chi connectivity index (χ0n) is 30.9. The monoisotopic (exact) mass is 776 g/mol. The Hall–Kier alpha value is -6.85. The standard InChI is InChI=1S/C39H35F3N12O3/c1-21(2)54-18-30(39(40,41)42)47-35(54)23-10-11-24(25(14-23)15-29-27-6-4-5-7-28(27)36(56)52-50-29)16-53(17-26-12-13-31(55)51-49-26)38-46-20-44-34(48-38)32-33(22-8-9-22)43-19-45-37(32)57-3/h4-7,10-14,18-22H,8-9,15-17H2,1-3H3,(H,51,55)(H,52,56). The van der Waals surface area contributed by atoms with Crippen LogP contribution in [0.15, 0.2) is 83.0 Å². The Bertz CT molecular complexity index is 2700. The van der Waals surface area contributed by atoms with Crippen molar-refractivity contribution in [2.45, 2.75) is 64.3 Å². The van der Waals surface area contributed by atoms with Gasteiger partial charge in [-0.25, -0.2) is 35.1 Å². The van der Waals surface area contributed by atoms with Gasteiger partial charge in [0, 0.05) is 48.1 Å². The van der Waals surface area contributed by atoms with Gasteiger partial charge in [-0.2, -0.15) is 28.4 Å². The van der Waals surface area contributed by atoms with E-state index in [1.807, 2.05) is 11.0 Å². The highest BCUT2D eigenvalue weighted by molar-refractivity contribution is 5.83. The number of ether oxygens (including phenoxy) is 1. The van der Waals surface area contributed by atoms with Gasteiger partial charge in [-0.3, -0.25) is 9.59 Å². The lowest BCUT2D eigenvalue weighted by Gasteiger charge is -2.24. The summed E-state index contributed by atoms with van der Waals surface area (Å²) in [5.74, 6) is 1.25. The fourth-order valence-electron chi connectivity index (χ4n) is 6.74. The minimum Gasteiger partial charge on any atom is -0.480 e. The number of hydrogen-bond donors (Lipinski definition) is 2. The van der Waals surface area contributed by atoms with Gasteiger partial charge in [0.15, 0.2) is 11.5 Å². The molecule has 18 heteroatoms. The van der Waals surface area contributed by atoms with E-state index in [1.54, 1.807) is 56.3 Å². The second-order valence-electron chi connectivity index (χ2n) is 13.9. The molecule has 0 spiro atoms. The fourth-order valence-corrected chi connectivity index (χ4v) is 6.74. The van der Waals surface area contributed by atoms with Crippen LogP contribution in [-0.4, -0.2) is 62.0 Å². The second kappa shape index (κ2) is 15.0. The van der Waals surface area contributed by atoms with Crippen LogP contribution >= 0.6 is 0 Å². The Morgan fingerprint density at radius 1 is 0.895 bits per heavy atom. The molecule has 0 saturated heterocycles. The Morgan fingerprint density at radius 3 is 2.40 bits per heavy atom. The number of alkyl halides is 3. The first-order valence-electron chi connectivity index (χ1n) is 18.1. The SMILES string of the molecule is COc1ncnc(C2CC2)c1-c1ncnc(N(Cc2ccc(=O)[nH]n2)Cc2ccc(-c3nc(C(F)(F)F)cn3C(C)C)cc2Cc2n[nH]c(=O)c3ccccc23)n1. The Balaban J connectivity index is 1.27. The maximum atomic E-state index is 13.9. The molecule has 2 N–H and O–H groups in total. The van der Waals surface area contributed by atoms with Crippen LogP contribution in [0.2, 0.25) is 0 Å². The zero-order valence-corrected chi connectivity index (χ0v) is 30.9. The maximum Gasteiger partial charge on any atom is 0.434 e. The number of benzene rings is 2. The van der Waals surface area contributed by atoms with Crippen LogP contribution < -0.4 is 20.8 Å². The van der Waals surface area contributed by atoms with Gasteiger partial charge >= 0.3 is 6.18 Å². The number of fused-ring (bicyclic) bond motifs is 1. The first-order chi connectivity index (χ1) is 27.5. The molecule has 7 aromatic rings. The smallest absolute Gasteiger partial charge is 0.434 e. The molecule has 1 aliphatic rings. The normalized spacial score (nSPS) is 13.0. The van der Waals surface area contributed by atoms with Crippen LogP contribution in [0.1, 0.15) is 72.6 Å². The van der Waals surface area contributed by atoms with E-state index in [9.17, 15) is 22.8 Å². The van der Waals surface area contributed by atoms with E-state index in [4.69, 9.17) is 9.72 Å². The van der Waals surface area contributed by atoms with Crippen LogP contribution in [0.25, 0.3) is 33.5 Å². The molecule has 0 amide bonds. The largest absolute Gasteiger partial charge is 0.480 e. The summed E-state index contributed by atoms with van der Waals surface area (Å²) >= 11 is 0.